The molecular formula is C16H8O4. The smallest absolute Gasteiger partial charge is 0.268 e. The average Bonchev–Trinajstić information content (AvgIpc) is 2.44. The molecule has 0 atom stereocenters. The van der Waals surface area contributed by atoms with Gasteiger partial charge in [0.2, 0.25) is 5.43 Å². The highest BCUT2D eigenvalue weighted by Gasteiger charge is 2.19. The van der Waals surface area contributed by atoms with Gasteiger partial charge in [-0.1, -0.05) is 24.3 Å². The minimum absolute atomic E-state index is 0.0212. The van der Waals surface area contributed by atoms with Crippen LogP contribution in [0.2, 0.25) is 0 Å². The molecule has 0 radical (unpaired) electrons. The van der Waals surface area contributed by atoms with Gasteiger partial charge in [-0.3, -0.25) is 9.59 Å². The number of phenols is 2. The van der Waals surface area contributed by atoms with Gasteiger partial charge in [-0.05, 0) is 28.3 Å². The molecule has 96 valence electrons. The first-order valence-electron chi connectivity index (χ1n) is 6.09. The normalized spacial score (nSPS) is 11.8. The molecule has 4 rings (SSSR count). The van der Waals surface area contributed by atoms with Crippen molar-refractivity contribution in [2.24, 2.45) is 0 Å². The Morgan fingerprint density at radius 2 is 1.50 bits per heavy atom. The molecule has 0 fully saturated rings. The van der Waals surface area contributed by atoms with Crippen LogP contribution in [-0.4, -0.2) is 10.2 Å². The number of rotatable bonds is 0. The van der Waals surface area contributed by atoms with E-state index >= 15 is 0 Å². The Morgan fingerprint density at radius 1 is 0.750 bits per heavy atom. The summed E-state index contributed by atoms with van der Waals surface area (Å²) in [5, 5.41) is 23.1. The van der Waals surface area contributed by atoms with E-state index in [0.717, 1.165) is 16.2 Å². The van der Waals surface area contributed by atoms with Crippen molar-refractivity contribution < 1.29 is 10.2 Å². The number of hydrogen-bond acceptors (Lipinski definition) is 4. The first-order chi connectivity index (χ1) is 9.59. The third kappa shape index (κ3) is 1.11. The first kappa shape index (κ1) is 11.0. The van der Waals surface area contributed by atoms with Gasteiger partial charge in [0.25, 0.3) is 5.43 Å². The van der Waals surface area contributed by atoms with E-state index in [2.05, 4.69) is 0 Å². The highest BCUT2D eigenvalue weighted by Crippen LogP contribution is 2.38. The summed E-state index contributed by atoms with van der Waals surface area (Å²) >= 11 is 0. The van der Waals surface area contributed by atoms with E-state index in [9.17, 15) is 19.8 Å². The van der Waals surface area contributed by atoms with Crippen LogP contribution in [0, 0.1) is 0 Å². The maximum Gasteiger partial charge on any atom is 0.268 e. The zero-order valence-corrected chi connectivity index (χ0v) is 10.2. The summed E-state index contributed by atoms with van der Waals surface area (Å²) in [7, 11) is 0. The van der Waals surface area contributed by atoms with E-state index in [4.69, 9.17) is 0 Å². The van der Waals surface area contributed by atoms with Crippen LogP contribution in [0.4, 0.5) is 0 Å². The molecule has 4 aromatic carbocycles. The van der Waals surface area contributed by atoms with E-state index in [1.54, 1.807) is 12.1 Å². The molecule has 4 heteroatoms. The van der Waals surface area contributed by atoms with E-state index in [-0.39, 0.29) is 11.1 Å². The summed E-state index contributed by atoms with van der Waals surface area (Å²) in [6.45, 7) is 0. The van der Waals surface area contributed by atoms with Gasteiger partial charge >= 0.3 is 0 Å². The fourth-order valence-electron chi connectivity index (χ4n) is 2.91. The van der Waals surface area contributed by atoms with Crippen LogP contribution in [0.5, 0.6) is 11.5 Å². The second-order valence-electron chi connectivity index (χ2n) is 4.84. The molecule has 0 spiro atoms. The van der Waals surface area contributed by atoms with Crippen LogP contribution in [-0.2, 0) is 0 Å². The fraction of sp³-hybridized carbons (Fsp3) is 0. The molecule has 0 aliphatic heterocycles. The lowest BCUT2D eigenvalue weighted by Crippen LogP contribution is -2.23. The molecule has 0 unspecified atom stereocenters. The van der Waals surface area contributed by atoms with Gasteiger partial charge in [0, 0.05) is 10.8 Å². The zero-order chi connectivity index (χ0) is 14.0. The van der Waals surface area contributed by atoms with Crippen molar-refractivity contribution in [3.8, 4) is 11.5 Å². The van der Waals surface area contributed by atoms with E-state index in [1.807, 2.05) is 18.2 Å². The van der Waals surface area contributed by atoms with Crippen molar-refractivity contribution in [2.45, 2.75) is 0 Å². The molecule has 0 saturated carbocycles. The number of benzene rings is 4. The number of aromatic hydroxyl groups is 2. The molecule has 0 amide bonds. The highest BCUT2D eigenvalue weighted by atomic mass is 16.3. The topological polar surface area (TPSA) is 74.6 Å². The molecule has 4 aromatic rings. The summed E-state index contributed by atoms with van der Waals surface area (Å²) in [5.74, 6) is -0.788. The van der Waals surface area contributed by atoms with Crippen LogP contribution < -0.4 is 10.9 Å². The van der Waals surface area contributed by atoms with Crippen molar-refractivity contribution in [2.75, 3.05) is 0 Å². The molecule has 2 N–H and O–H groups in total. The van der Waals surface area contributed by atoms with E-state index in [1.165, 1.54) is 6.07 Å². The van der Waals surface area contributed by atoms with Gasteiger partial charge in [0.05, 0.1) is 5.39 Å². The monoisotopic (exact) mass is 264 g/mol. The Hall–Kier alpha value is -2.88. The highest BCUT2D eigenvalue weighted by molar-refractivity contribution is 6.25. The lowest BCUT2D eigenvalue weighted by atomic mass is 9.93. The number of hydrogen-bond donors (Lipinski definition) is 2. The van der Waals surface area contributed by atoms with E-state index in [0.29, 0.717) is 10.8 Å². The minimum atomic E-state index is -0.980. The van der Waals surface area contributed by atoms with Crippen LogP contribution in [0.15, 0.2) is 46.0 Å². The zero-order valence-electron chi connectivity index (χ0n) is 10.2. The second-order valence-corrected chi connectivity index (χ2v) is 4.84. The SMILES string of the molecule is O=c1c(O)c2ccc3cccc4cc(O)c(c1=O)c2c34. The van der Waals surface area contributed by atoms with Gasteiger partial charge in [0.1, 0.15) is 5.75 Å². The first-order valence-corrected chi connectivity index (χ1v) is 6.09. The summed E-state index contributed by atoms with van der Waals surface area (Å²) in [6, 6.07) is 10.4. The van der Waals surface area contributed by atoms with Crippen LogP contribution >= 0.6 is 0 Å². The van der Waals surface area contributed by atoms with E-state index < -0.39 is 16.6 Å². The summed E-state index contributed by atoms with van der Waals surface area (Å²) in [5.41, 5.74) is -1.85. The molecule has 4 nitrogen and oxygen atoms in total. The van der Waals surface area contributed by atoms with Crippen molar-refractivity contribution in [3.05, 3.63) is 56.8 Å². The molecule has 0 saturated heterocycles. The molecule has 0 aliphatic carbocycles. The quantitative estimate of drug-likeness (QED) is 0.377. The van der Waals surface area contributed by atoms with Gasteiger partial charge in [-0.25, -0.2) is 0 Å². The maximum absolute atomic E-state index is 12.0. The van der Waals surface area contributed by atoms with Crippen molar-refractivity contribution in [1.82, 2.24) is 0 Å². The number of phenolic OH excluding ortho intramolecular Hbond substituents is 2. The van der Waals surface area contributed by atoms with Crippen LogP contribution in [0.1, 0.15) is 0 Å². The van der Waals surface area contributed by atoms with Gasteiger partial charge in [-0.2, -0.15) is 0 Å². The van der Waals surface area contributed by atoms with Crippen LogP contribution in [0.25, 0.3) is 32.3 Å². The Labute approximate surface area is 111 Å². The second kappa shape index (κ2) is 3.36. The predicted octanol–water partition coefficient (Wildman–Crippen LogP) is 2.15. The Bertz CT molecular complexity index is 1100. The standard InChI is InChI=1S/C16H8O4/c17-10-6-8-3-1-2-7-4-5-9-12(11(7)8)13(10)15(19)16(20)14(9)18/h1-6,17-18H. The summed E-state index contributed by atoms with van der Waals surface area (Å²) in [6.07, 6.45) is 0. The lowest BCUT2D eigenvalue weighted by molar-refractivity contribution is 0.475. The van der Waals surface area contributed by atoms with Crippen molar-refractivity contribution >= 4 is 32.3 Å². The third-order valence-corrected chi connectivity index (χ3v) is 3.78. The van der Waals surface area contributed by atoms with Crippen molar-refractivity contribution in [3.63, 3.8) is 0 Å². The Kier molecular flexibility index (Phi) is 1.85. The predicted molar refractivity (Wildman–Crippen MR) is 77.2 cm³/mol. The molecule has 20 heavy (non-hydrogen) atoms. The van der Waals surface area contributed by atoms with Gasteiger partial charge < -0.3 is 10.2 Å². The summed E-state index contributed by atoms with van der Waals surface area (Å²) in [4.78, 5) is 23.8. The Balaban J connectivity index is 2.58. The minimum Gasteiger partial charge on any atom is -0.507 e. The largest absolute Gasteiger partial charge is 0.507 e. The Morgan fingerprint density at radius 3 is 2.30 bits per heavy atom. The maximum atomic E-state index is 12.0. The van der Waals surface area contributed by atoms with Crippen LogP contribution in [0.3, 0.4) is 0 Å². The summed E-state index contributed by atoms with van der Waals surface area (Å²) < 4.78 is 0. The lowest BCUT2D eigenvalue weighted by Gasteiger charge is -2.11. The molecule has 0 aromatic heterocycles. The molecular weight excluding hydrogens is 256 g/mol. The van der Waals surface area contributed by atoms with Crippen molar-refractivity contribution in [1.29, 1.82) is 0 Å². The molecule has 0 bridgehead atoms. The van der Waals surface area contributed by atoms with Gasteiger partial charge in [-0.15, -0.1) is 0 Å². The van der Waals surface area contributed by atoms with Gasteiger partial charge in [0.15, 0.2) is 5.75 Å². The average molecular weight is 264 g/mol. The third-order valence-electron chi connectivity index (χ3n) is 3.78. The molecule has 0 aliphatic rings. The molecule has 0 heterocycles. The fourth-order valence-corrected chi connectivity index (χ4v) is 2.91.